The Morgan fingerprint density at radius 2 is 2.08 bits per heavy atom. The van der Waals surface area contributed by atoms with Crippen LogP contribution >= 0.6 is 0 Å². The van der Waals surface area contributed by atoms with Crippen LogP contribution in [0.25, 0.3) is 0 Å². The molecule has 0 saturated carbocycles. The fourth-order valence-electron chi connectivity index (χ4n) is 0.949. The van der Waals surface area contributed by atoms with Crippen LogP contribution in [-0.2, 0) is 11.4 Å². The van der Waals surface area contributed by atoms with Gasteiger partial charge in [-0.3, -0.25) is 4.84 Å². The van der Waals surface area contributed by atoms with Gasteiger partial charge in [0.2, 0.25) is 0 Å². The highest BCUT2D eigenvalue weighted by Gasteiger charge is 2.13. The molecule has 0 aromatic heterocycles. The Bertz CT molecular complexity index is 304. The summed E-state index contributed by atoms with van der Waals surface area (Å²) in [5.41, 5.74) is -0.234. The second-order valence-electron chi connectivity index (χ2n) is 2.35. The van der Waals surface area contributed by atoms with Gasteiger partial charge in [-0.25, -0.2) is 14.7 Å². The molecular weight excluding hydrogens is 180 g/mol. The fraction of sp³-hybridized carbons (Fsp3) is 0.250. The van der Waals surface area contributed by atoms with Gasteiger partial charge in [-0.1, -0.05) is 0 Å². The Hall–Kier alpha value is -1.20. The van der Waals surface area contributed by atoms with Crippen molar-refractivity contribution in [1.82, 2.24) is 0 Å². The van der Waals surface area contributed by atoms with Gasteiger partial charge in [0.25, 0.3) is 0 Å². The molecular formula is C8H9F2NO2. The van der Waals surface area contributed by atoms with Crippen molar-refractivity contribution >= 4 is 0 Å². The van der Waals surface area contributed by atoms with Crippen LogP contribution in [0.4, 0.5) is 8.78 Å². The maximum atomic E-state index is 13.2. The first kappa shape index (κ1) is 9.88. The van der Waals surface area contributed by atoms with Gasteiger partial charge in [-0.15, -0.1) is 0 Å². The Balaban J connectivity index is 3.13. The third-order valence-corrected chi connectivity index (χ3v) is 1.60. The molecule has 0 bridgehead atoms. The lowest BCUT2D eigenvalue weighted by atomic mass is 10.2. The summed E-state index contributed by atoms with van der Waals surface area (Å²) < 4.78 is 30.8. The third kappa shape index (κ3) is 1.93. The number of nitrogens with two attached hydrogens (primary N) is 1. The molecule has 0 aliphatic carbocycles. The van der Waals surface area contributed by atoms with Crippen molar-refractivity contribution in [3.05, 3.63) is 29.3 Å². The highest BCUT2D eigenvalue weighted by molar-refractivity contribution is 5.31. The second kappa shape index (κ2) is 4.15. The van der Waals surface area contributed by atoms with Crippen molar-refractivity contribution in [2.75, 3.05) is 7.11 Å². The summed E-state index contributed by atoms with van der Waals surface area (Å²) in [6, 6.07) is 2.29. The molecule has 0 saturated heterocycles. The monoisotopic (exact) mass is 189 g/mol. The van der Waals surface area contributed by atoms with Gasteiger partial charge in [0, 0.05) is 0 Å². The van der Waals surface area contributed by atoms with Crippen LogP contribution in [-0.4, -0.2) is 7.11 Å². The molecule has 1 aromatic carbocycles. The lowest BCUT2D eigenvalue weighted by Crippen LogP contribution is -2.05. The number of hydrogen-bond donors (Lipinski definition) is 1. The highest BCUT2D eigenvalue weighted by Crippen LogP contribution is 2.22. The lowest BCUT2D eigenvalue weighted by molar-refractivity contribution is 0.118. The summed E-state index contributed by atoms with van der Waals surface area (Å²) in [5, 5.41) is 0. The lowest BCUT2D eigenvalue weighted by Gasteiger charge is -2.06. The van der Waals surface area contributed by atoms with Gasteiger partial charge in [0.15, 0.2) is 11.6 Å². The minimum atomic E-state index is -0.784. The topological polar surface area (TPSA) is 44.5 Å². The standard InChI is InChI=1S/C8H9F2NO2/c1-12-7-3-2-6(9)5(4-13-11)8(7)10/h2-3H,4,11H2,1H3. The van der Waals surface area contributed by atoms with E-state index in [0.717, 1.165) is 6.07 Å². The predicted octanol–water partition coefficient (Wildman–Crippen LogP) is 1.36. The van der Waals surface area contributed by atoms with E-state index in [1.807, 2.05) is 0 Å². The maximum absolute atomic E-state index is 13.2. The quantitative estimate of drug-likeness (QED) is 0.730. The Kier molecular flexibility index (Phi) is 3.16. The number of hydrogen-bond acceptors (Lipinski definition) is 3. The number of methoxy groups -OCH3 is 1. The number of ether oxygens (including phenoxy) is 1. The van der Waals surface area contributed by atoms with Gasteiger partial charge in [0.1, 0.15) is 5.82 Å². The molecule has 0 spiro atoms. The summed E-state index contributed by atoms with van der Waals surface area (Å²) in [7, 11) is 1.30. The minimum Gasteiger partial charge on any atom is -0.494 e. The normalized spacial score (nSPS) is 10.2. The van der Waals surface area contributed by atoms with Crippen LogP contribution in [0.15, 0.2) is 12.1 Å². The SMILES string of the molecule is COc1ccc(F)c(CON)c1F. The van der Waals surface area contributed by atoms with Gasteiger partial charge in [-0.2, -0.15) is 0 Å². The number of rotatable bonds is 3. The minimum absolute atomic E-state index is 0.0338. The molecule has 1 aromatic rings. The third-order valence-electron chi connectivity index (χ3n) is 1.60. The van der Waals surface area contributed by atoms with Gasteiger partial charge >= 0.3 is 0 Å². The smallest absolute Gasteiger partial charge is 0.173 e. The first-order valence-corrected chi connectivity index (χ1v) is 3.53. The van der Waals surface area contributed by atoms with E-state index in [2.05, 4.69) is 9.57 Å². The summed E-state index contributed by atoms with van der Waals surface area (Å²) in [5.74, 6) is 3.19. The average molecular weight is 189 g/mol. The zero-order valence-corrected chi connectivity index (χ0v) is 7.01. The molecule has 0 aliphatic heterocycles. The van der Waals surface area contributed by atoms with Crippen molar-refractivity contribution in [3.63, 3.8) is 0 Å². The summed E-state index contributed by atoms with van der Waals surface area (Å²) in [4.78, 5) is 4.15. The van der Waals surface area contributed by atoms with Crippen molar-refractivity contribution in [2.45, 2.75) is 6.61 Å². The molecule has 0 heterocycles. The summed E-state index contributed by atoms with van der Waals surface area (Å²) >= 11 is 0. The van der Waals surface area contributed by atoms with Gasteiger partial charge in [0.05, 0.1) is 19.3 Å². The van der Waals surface area contributed by atoms with Crippen LogP contribution in [0.3, 0.4) is 0 Å². The van der Waals surface area contributed by atoms with E-state index in [4.69, 9.17) is 5.90 Å². The van der Waals surface area contributed by atoms with Crippen molar-refractivity contribution in [3.8, 4) is 5.75 Å². The second-order valence-corrected chi connectivity index (χ2v) is 2.35. The molecule has 5 heteroatoms. The van der Waals surface area contributed by atoms with Crippen LogP contribution in [0.5, 0.6) is 5.75 Å². The van der Waals surface area contributed by atoms with Crippen LogP contribution in [0.1, 0.15) is 5.56 Å². The Morgan fingerprint density at radius 3 is 2.62 bits per heavy atom. The molecule has 2 N–H and O–H groups in total. The first-order valence-electron chi connectivity index (χ1n) is 3.53. The molecule has 0 aliphatic rings. The number of benzene rings is 1. The zero-order chi connectivity index (χ0) is 9.84. The van der Waals surface area contributed by atoms with E-state index in [1.54, 1.807) is 0 Å². The van der Waals surface area contributed by atoms with E-state index in [9.17, 15) is 8.78 Å². The molecule has 1 rings (SSSR count). The fourth-order valence-corrected chi connectivity index (χ4v) is 0.949. The Morgan fingerprint density at radius 1 is 1.38 bits per heavy atom. The largest absolute Gasteiger partial charge is 0.494 e. The molecule has 0 unspecified atom stereocenters. The van der Waals surface area contributed by atoms with Gasteiger partial charge in [-0.05, 0) is 12.1 Å². The number of halogens is 2. The van der Waals surface area contributed by atoms with E-state index in [0.29, 0.717) is 0 Å². The van der Waals surface area contributed by atoms with Crippen LogP contribution in [0, 0.1) is 11.6 Å². The average Bonchev–Trinajstić information content (AvgIpc) is 2.12. The van der Waals surface area contributed by atoms with Crippen LogP contribution < -0.4 is 10.6 Å². The summed E-state index contributed by atoms with van der Waals surface area (Å²) in [6.07, 6.45) is 0. The maximum Gasteiger partial charge on any atom is 0.173 e. The molecule has 0 fully saturated rings. The molecule has 0 radical (unpaired) electrons. The molecule has 0 atom stereocenters. The van der Waals surface area contributed by atoms with Crippen molar-refractivity contribution in [1.29, 1.82) is 0 Å². The van der Waals surface area contributed by atoms with E-state index < -0.39 is 11.6 Å². The van der Waals surface area contributed by atoms with Crippen molar-refractivity contribution in [2.24, 2.45) is 5.90 Å². The molecule has 13 heavy (non-hydrogen) atoms. The molecule has 0 amide bonds. The highest BCUT2D eigenvalue weighted by atomic mass is 19.1. The Labute approximate surface area is 74.0 Å². The van der Waals surface area contributed by atoms with E-state index >= 15 is 0 Å². The first-order chi connectivity index (χ1) is 6.20. The predicted molar refractivity (Wildman–Crippen MR) is 41.9 cm³/mol. The van der Waals surface area contributed by atoms with Crippen LogP contribution in [0.2, 0.25) is 0 Å². The zero-order valence-electron chi connectivity index (χ0n) is 7.01. The van der Waals surface area contributed by atoms with Crippen molar-refractivity contribution < 1.29 is 18.4 Å². The van der Waals surface area contributed by atoms with Gasteiger partial charge < -0.3 is 4.74 Å². The molecule has 72 valence electrons. The van der Waals surface area contributed by atoms with E-state index in [-0.39, 0.29) is 17.9 Å². The van der Waals surface area contributed by atoms with E-state index in [1.165, 1.54) is 13.2 Å². The molecule has 3 nitrogen and oxygen atoms in total. The summed E-state index contributed by atoms with van der Waals surface area (Å²) in [6.45, 7) is -0.325.